The molecule has 0 saturated carbocycles. The van der Waals surface area contributed by atoms with Crippen molar-refractivity contribution in [2.75, 3.05) is 45.8 Å². The molecule has 0 fully saturated rings. The molecule has 29 heavy (non-hydrogen) atoms. The predicted molar refractivity (Wildman–Crippen MR) is 112 cm³/mol. The summed E-state index contributed by atoms with van der Waals surface area (Å²) in [5.74, 6) is 1.12. The number of hydrogen-bond donors (Lipinski definition) is 3. The van der Waals surface area contributed by atoms with Crippen LogP contribution < -0.4 is 20.1 Å². The van der Waals surface area contributed by atoms with E-state index in [1.165, 1.54) is 12.1 Å². The molecule has 1 aromatic heterocycles. The van der Waals surface area contributed by atoms with Crippen molar-refractivity contribution in [1.29, 1.82) is 0 Å². The van der Waals surface area contributed by atoms with Gasteiger partial charge < -0.3 is 25.2 Å². The molecule has 1 heterocycles. The summed E-state index contributed by atoms with van der Waals surface area (Å²) in [6.45, 7) is 2.10. The highest BCUT2D eigenvalue weighted by atomic mass is 16.6. The zero-order valence-electron chi connectivity index (χ0n) is 16.4. The topological polar surface area (TPSA) is 119 Å². The minimum absolute atomic E-state index is 0.0102. The zero-order valence-corrected chi connectivity index (χ0v) is 16.4. The first-order valence-electron chi connectivity index (χ1n) is 9.28. The van der Waals surface area contributed by atoms with Crippen molar-refractivity contribution in [2.45, 2.75) is 6.42 Å². The summed E-state index contributed by atoms with van der Waals surface area (Å²) >= 11 is 0. The summed E-state index contributed by atoms with van der Waals surface area (Å²) in [4.78, 5) is 15.4. The van der Waals surface area contributed by atoms with Crippen LogP contribution in [0.1, 0.15) is 6.42 Å². The minimum atomic E-state index is -0.431. The maximum atomic E-state index is 11.2. The fraction of sp³-hybridized carbons (Fsp3) is 0.350. The number of aliphatic hydroxyl groups is 1. The molecule has 0 aliphatic rings. The van der Waals surface area contributed by atoms with Gasteiger partial charge in [0.15, 0.2) is 11.5 Å². The number of non-ortho nitro benzene ring substituents is 1. The maximum Gasteiger partial charge on any atom is 0.271 e. The van der Waals surface area contributed by atoms with E-state index in [0.717, 1.165) is 29.4 Å². The summed E-state index contributed by atoms with van der Waals surface area (Å²) in [7, 11) is 3.12. The molecule has 0 unspecified atom stereocenters. The molecule has 3 N–H and O–H groups in total. The Balaban J connectivity index is 2.07. The van der Waals surface area contributed by atoms with Gasteiger partial charge in [0.05, 0.1) is 42.5 Å². The average molecular weight is 400 g/mol. The van der Waals surface area contributed by atoms with E-state index in [1.807, 2.05) is 6.07 Å². The monoisotopic (exact) mass is 400 g/mol. The van der Waals surface area contributed by atoms with Crippen LogP contribution in [0.2, 0.25) is 0 Å². The first-order chi connectivity index (χ1) is 14.1. The van der Waals surface area contributed by atoms with Gasteiger partial charge >= 0.3 is 0 Å². The number of anilines is 1. The van der Waals surface area contributed by atoms with Crippen LogP contribution in [-0.2, 0) is 0 Å². The molecule has 3 rings (SSSR count). The molecule has 0 atom stereocenters. The summed E-state index contributed by atoms with van der Waals surface area (Å²) in [5, 5.41) is 28.2. The van der Waals surface area contributed by atoms with Crippen LogP contribution in [0.15, 0.2) is 30.3 Å². The van der Waals surface area contributed by atoms with Crippen molar-refractivity contribution in [1.82, 2.24) is 10.3 Å². The number of rotatable bonds is 10. The van der Waals surface area contributed by atoms with Gasteiger partial charge in [0.1, 0.15) is 0 Å². The number of pyridine rings is 1. The van der Waals surface area contributed by atoms with Gasteiger partial charge in [-0.2, -0.15) is 0 Å². The second-order valence-electron chi connectivity index (χ2n) is 6.42. The zero-order chi connectivity index (χ0) is 20.8. The van der Waals surface area contributed by atoms with Crippen molar-refractivity contribution in [3.05, 3.63) is 40.4 Å². The van der Waals surface area contributed by atoms with E-state index in [-0.39, 0.29) is 12.3 Å². The molecule has 0 radical (unpaired) electrons. The third-order valence-electron chi connectivity index (χ3n) is 4.59. The van der Waals surface area contributed by atoms with Gasteiger partial charge in [-0.25, -0.2) is 4.98 Å². The number of nitrogens with one attached hydrogen (secondary N) is 2. The Kier molecular flexibility index (Phi) is 6.63. The van der Waals surface area contributed by atoms with Crippen LogP contribution in [-0.4, -0.2) is 55.5 Å². The van der Waals surface area contributed by atoms with Crippen LogP contribution >= 0.6 is 0 Å². The SMILES string of the molecule is COc1cc2nc3cc([N+](=O)[O-])ccc3c(NCCCNCCO)c2cc1OC. The third-order valence-corrected chi connectivity index (χ3v) is 4.59. The first-order valence-corrected chi connectivity index (χ1v) is 9.28. The van der Waals surface area contributed by atoms with Gasteiger partial charge in [-0.15, -0.1) is 0 Å². The number of nitro groups is 1. The Hall–Kier alpha value is -3.17. The molecule has 9 heteroatoms. The lowest BCUT2D eigenvalue weighted by Gasteiger charge is -2.15. The number of nitrogens with zero attached hydrogens (tertiary/aromatic N) is 2. The fourth-order valence-corrected chi connectivity index (χ4v) is 3.19. The summed E-state index contributed by atoms with van der Waals surface area (Å²) in [6, 6.07) is 8.28. The highest BCUT2D eigenvalue weighted by molar-refractivity contribution is 6.08. The van der Waals surface area contributed by atoms with Crippen LogP contribution in [0.5, 0.6) is 11.5 Å². The van der Waals surface area contributed by atoms with Crippen molar-refractivity contribution < 1.29 is 19.5 Å². The number of fused-ring (bicyclic) bond motifs is 2. The Morgan fingerprint density at radius 2 is 1.76 bits per heavy atom. The summed E-state index contributed by atoms with van der Waals surface area (Å²) in [5.41, 5.74) is 2.00. The largest absolute Gasteiger partial charge is 0.493 e. The number of aromatic nitrogens is 1. The number of benzene rings is 2. The van der Waals surface area contributed by atoms with E-state index < -0.39 is 4.92 Å². The smallest absolute Gasteiger partial charge is 0.271 e. The molecule has 0 aliphatic heterocycles. The molecular weight excluding hydrogens is 376 g/mol. The van der Waals surface area contributed by atoms with Gasteiger partial charge in [-0.3, -0.25) is 10.1 Å². The molecule has 9 nitrogen and oxygen atoms in total. The Morgan fingerprint density at radius 1 is 1.03 bits per heavy atom. The molecule has 3 aromatic rings. The quantitative estimate of drug-likeness (QED) is 0.206. The lowest BCUT2D eigenvalue weighted by Crippen LogP contribution is -2.21. The van der Waals surface area contributed by atoms with E-state index in [1.54, 1.807) is 26.4 Å². The van der Waals surface area contributed by atoms with Crippen LogP contribution in [0, 0.1) is 10.1 Å². The Bertz CT molecular complexity index is 1020. The van der Waals surface area contributed by atoms with Gasteiger partial charge in [-0.05, 0) is 25.1 Å². The minimum Gasteiger partial charge on any atom is -0.493 e. The molecule has 0 aliphatic carbocycles. The summed E-state index contributed by atoms with van der Waals surface area (Å²) in [6.07, 6.45) is 0.839. The summed E-state index contributed by atoms with van der Waals surface area (Å²) < 4.78 is 10.8. The lowest BCUT2D eigenvalue weighted by molar-refractivity contribution is -0.384. The third kappa shape index (κ3) is 4.47. The van der Waals surface area contributed by atoms with Crippen LogP contribution in [0.25, 0.3) is 21.8 Å². The number of ether oxygens (including phenoxy) is 2. The molecule has 2 aromatic carbocycles. The lowest BCUT2D eigenvalue weighted by atomic mass is 10.1. The predicted octanol–water partition coefficient (Wildman–Crippen LogP) is 2.70. The van der Waals surface area contributed by atoms with E-state index in [4.69, 9.17) is 14.6 Å². The molecule has 0 amide bonds. The van der Waals surface area contributed by atoms with E-state index in [9.17, 15) is 10.1 Å². The van der Waals surface area contributed by atoms with Crippen molar-refractivity contribution in [3.8, 4) is 11.5 Å². The standard InChI is InChI=1S/C20H24N4O5/c1-28-18-11-15-17(12-19(18)29-2)23-16-10-13(24(26)27)4-5-14(16)20(15)22-7-3-6-21-8-9-25/h4-5,10-12,21,25H,3,6-9H2,1-2H3,(H,22,23). The van der Waals surface area contributed by atoms with E-state index in [0.29, 0.717) is 35.6 Å². The molecule has 154 valence electrons. The van der Waals surface area contributed by atoms with Crippen molar-refractivity contribution >= 4 is 33.2 Å². The number of nitro benzene ring substituents is 1. The average Bonchev–Trinajstić information content (AvgIpc) is 2.73. The van der Waals surface area contributed by atoms with Crippen LogP contribution in [0.3, 0.4) is 0 Å². The number of aliphatic hydroxyl groups excluding tert-OH is 1. The van der Waals surface area contributed by atoms with Gasteiger partial charge in [0.2, 0.25) is 0 Å². The number of methoxy groups -OCH3 is 2. The fourth-order valence-electron chi connectivity index (χ4n) is 3.19. The Labute approximate surface area is 167 Å². The first kappa shape index (κ1) is 20.6. The van der Waals surface area contributed by atoms with E-state index >= 15 is 0 Å². The second-order valence-corrected chi connectivity index (χ2v) is 6.42. The number of hydrogen-bond acceptors (Lipinski definition) is 8. The molecule has 0 saturated heterocycles. The van der Waals surface area contributed by atoms with Gasteiger partial charge in [0, 0.05) is 42.1 Å². The second kappa shape index (κ2) is 9.35. The van der Waals surface area contributed by atoms with Crippen LogP contribution in [0.4, 0.5) is 11.4 Å². The van der Waals surface area contributed by atoms with Gasteiger partial charge in [-0.1, -0.05) is 0 Å². The van der Waals surface area contributed by atoms with Crippen molar-refractivity contribution in [2.24, 2.45) is 0 Å². The highest BCUT2D eigenvalue weighted by Gasteiger charge is 2.16. The molecule has 0 spiro atoms. The molecule has 0 bridgehead atoms. The maximum absolute atomic E-state index is 11.2. The highest BCUT2D eigenvalue weighted by Crippen LogP contribution is 2.38. The van der Waals surface area contributed by atoms with Crippen molar-refractivity contribution in [3.63, 3.8) is 0 Å². The normalized spacial score (nSPS) is 11.0. The Morgan fingerprint density at radius 3 is 2.45 bits per heavy atom. The van der Waals surface area contributed by atoms with Gasteiger partial charge in [0.25, 0.3) is 5.69 Å². The van der Waals surface area contributed by atoms with E-state index in [2.05, 4.69) is 15.6 Å². The molecular formula is C20H24N4O5.